The van der Waals surface area contributed by atoms with Gasteiger partial charge in [-0.2, -0.15) is 0 Å². The van der Waals surface area contributed by atoms with Gasteiger partial charge in [0.05, 0.1) is 33.0 Å². The molecular weight excluding hydrogens is 432 g/mol. The normalized spacial score (nSPS) is 23.4. The van der Waals surface area contributed by atoms with E-state index in [1.54, 1.807) is 20.3 Å². The van der Waals surface area contributed by atoms with Crippen LogP contribution in [-0.4, -0.2) is 39.9 Å². The van der Waals surface area contributed by atoms with Crippen LogP contribution in [0.25, 0.3) is 0 Å². The summed E-state index contributed by atoms with van der Waals surface area (Å²) in [5.74, 6) is 1.07. The molecule has 0 aromatic heterocycles. The minimum atomic E-state index is -2.00. The number of rotatable bonds is 8. The van der Waals surface area contributed by atoms with Crippen LogP contribution in [-0.2, 0) is 21.4 Å². The Kier molecular flexibility index (Phi) is 7.74. The highest BCUT2D eigenvalue weighted by Crippen LogP contribution is 2.45. The van der Waals surface area contributed by atoms with Gasteiger partial charge in [-0.15, -0.1) is 0 Å². The summed E-state index contributed by atoms with van der Waals surface area (Å²) in [7, 11) is 1.18. The smallest absolute Gasteiger partial charge is 0.192 e. The number of benzene rings is 2. The van der Waals surface area contributed by atoms with E-state index in [2.05, 4.69) is 33.9 Å². The van der Waals surface area contributed by atoms with Crippen LogP contribution in [0, 0.1) is 0 Å². The molecule has 0 amide bonds. The molecular formula is C27H38O5Si. The van der Waals surface area contributed by atoms with E-state index in [0.717, 1.165) is 5.56 Å². The highest BCUT2D eigenvalue weighted by Gasteiger charge is 2.46. The molecule has 0 heterocycles. The monoisotopic (exact) mass is 470 g/mol. The van der Waals surface area contributed by atoms with Crippen LogP contribution >= 0.6 is 0 Å². The number of para-hydroxylation sites is 1. The molecule has 3 rings (SSSR count). The molecule has 0 fully saturated rings. The third-order valence-corrected chi connectivity index (χ3v) is 11.4. The second-order valence-corrected chi connectivity index (χ2v) is 14.9. The first-order valence-electron chi connectivity index (χ1n) is 11.5. The van der Waals surface area contributed by atoms with Crippen molar-refractivity contribution in [3.63, 3.8) is 0 Å². The van der Waals surface area contributed by atoms with Crippen molar-refractivity contribution >= 4 is 8.32 Å². The lowest BCUT2D eigenvalue weighted by Gasteiger charge is -2.44. The molecule has 1 aliphatic carbocycles. The van der Waals surface area contributed by atoms with Gasteiger partial charge in [0, 0.05) is 12.0 Å². The van der Waals surface area contributed by atoms with E-state index < -0.39 is 20.0 Å². The molecule has 6 heteroatoms. The van der Waals surface area contributed by atoms with Gasteiger partial charge in [-0.3, -0.25) is 0 Å². The molecule has 5 nitrogen and oxygen atoms in total. The summed E-state index contributed by atoms with van der Waals surface area (Å²) in [6.45, 7) is 11.6. The van der Waals surface area contributed by atoms with Crippen molar-refractivity contribution in [3.05, 3.63) is 71.8 Å². The van der Waals surface area contributed by atoms with Crippen LogP contribution in [0.1, 0.15) is 38.3 Å². The fraction of sp³-hybridized carbons (Fsp3) is 0.481. The predicted octanol–water partition coefficient (Wildman–Crippen LogP) is 5.83. The van der Waals surface area contributed by atoms with Gasteiger partial charge in [0.25, 0.3) is 0 Å². The fourth-order valence-corrected chi connectivity index (χ4v) is 5.19. The lowest BCUT2D eigenvalue weighted by atomic mass is 9.80. The maximum absolute atomic E-state index is 12.0. The Bertz CT molecular complexity index is 951. The molecule has 33 heavy (non-hydrogen) atoms. The van der Waals surface area contributed by atoms with Crippen molar-refractivity contribution in [2.45, 2.75) is 69.7 Å². The van der Waals surface area contributed by atoms with Crippen LogP contribution in [0.15, 0.2) is 60.7 Å². The summed E-state index contributed by atoms with van der Waals surface area (Å²) < 4.78 is 24.2. The van der Waals surface area contributed by atoms with Gasteiger partial charge in [0.2, 0.25) is 0 Å². The Morgan fingerprint density at radius 1 is 1.00 bits per heavy atom. The van der Waals surface area contributed by atoms with E-state index in [0.29, 0.717) is 30.1 Å². The summed E-state index contributed by atoms with van der Waals surface area (Å²) in [6.07, 6.45) is 3.65. The van der Waals surface area contributed by atoms with Crippen molar-refractivity contribution in [2.75, 3.05) is 14.2 Å². The molecule has 0 aliphatic heterocycles. The molecule has 3 atom stereocenters. The molecule has 0 saturated carbocycles. The second-order valence-electron chi connectivity index (χ2n) is 10.2. The van der Waals surface area contributed by atoms with Crippen molar-refractivity contribution in [2.24, 2.45) is 0 Å². The molecule has 0 radical (unpaired) electrons. The van der Waals surface area contributed by atoms with Crippen LogP contribution < -0.4 is 9.47 Å². The van der Waals surface area contributed by atoms with E-state index in [9.17, 15) is 5.11 Å². The molecule has 0 spiro atoms. The topological polar surface area (TPSA) is 57.2 Å². The van der Waals surface area contributed by atoms with E-state index >= 15 is 0 Å². The van der Waals surface area contributed by atoms with E-state index in [1.807, 2.05) is 54.6 Å². The summed E-state index contributed by atoms with van der Waals surface area (Å²) >= 11 is 0. The van der Waals surface area contributed by atoms with Gasteiger partial charge in [0.1, 0.15) is 5.60 Å². The molecule has 2 aromatic rings. The predicted molar refractivity (Wildman–Crippen MR) is 134 cm³/mol. The summed E-state index contributed by atoms with van der Waals surface area (Å²) in [5.41, 5.74) is 0.278. The quantitative estimate of drug-likeness (QED) is 0.389. The highest BCUT2D eigenvalue weighted by molar-refractivity contribution is 6.74. The van der Waals surface area contributed by atoms with E-state index in [4.69, 9.17) is 18.6 Å². The molecule has 0 bridgehead atoms. The molecule has 1 N–H and O–H groups in total. The maximum Gasteiger partial charge on any atom is 0.192 e. The van der Waals surface area contributed by atoms with E-state index in [-0.39, 0.29) is 11.1 Å². The molecule has 1 aliphatic rings. The van der Waals surface area contributed by atoms with Gasteiger partial charge in [-0.1, -0.05) is 69.3 Å². The minimum absolute atomic E-state index is 0.0883. The first-order valence-corrected chi connectivity index (χ1v) is 14.4. The fourth-order valence-electron chi connectivity index (χ4n) is 3.91. The van der Waals surface area contributed by atoms with Gasteiger partial charge in [-0.25, -0.2) is 0 Å². The number of aliphatic hydroxyl groups is 1. The Balaban J connectivity index is 1.97. The molecule has 1 unspecified atom stereocenters. The lowest BCUT2D eigenvalue weighted by molar-refractivity contribution is -0.112. The minimum Gasteiger partial charge on any atom is -0.493 e. The van der Waals surface area contributed by atoms with Gasteiger partial charge in [0.15, 0.2) is 19.8 Å². The zero-order valence-corrected chi connectivity index (χ0v) is 21.9. The molecule has 2 aromatic carbocycles. The Morgan fingerprint density at radius 2 is 1.70 bits per heavy atom. The first kappa shape index (κ1) is 25.5. The van der Waals surface area contributed by atoms with Crippen LogP contribution in [0.2, 0.25) is 18.1 Å². The standard InChI is InChI=1S/C27H38O5Si/c1-26(2,3)33(6,7)32-21-16-17-27(28,22-14-11-15-23(29-4)25(22)30-5)24(18-21)31-19-20-12-9-8-10-13-20/h8-17,21,24,28H,18-19H2,1-7H3/t21-,24-,27?/m0/s1. The maximum atomic E-state index is 12.0. The highest BCUT2D eigenvalue weighted by atomic mass is 28.4. The van der Waals surface area contributed by atoms with Crippen molar-refractivity contribution in [1.29, 1.82) is 0 Å². The van der Waals surface area contributed by atoms with Crippen molar-refractivity contribution < 1.29 is 23.7 Å². The van der Waals surface area contributed by atoms with Crippen molar-refractivity contribution in [3.8, 4) is 11.5 Å². The van der Waals surface area contributed by atoms with Gasteiger partial charge < -0.3 is 23.7 Å². The lowest BCUT2D eigenvalue weighted by Crippen LogP contribution is -2.49. The Morgan fingerprint density at radius 3 is 2.30 bits per heavy atom. The molecule has 180 valence electrons. The average Bonchev–Trinajstić information content (AvgIpc) is 2.78. The Hall–Kier alpha value is -2.12. The van der Waals surface area contributed by atoms with Crippen LogP contribution in [0.4, 0.5) is 0 Å². The second kappa shape index (κ2) is 10.0. The summed E-state index contributed by atoms with van der Waals surface area (Å²) in [4.78, 5) is 0. The third-order valence-electron chi connectivity index (χ3n) is 6.88. The number of ether oxygens (including phenoxy) is 3. The van der Waals surface area contributed by atoms with Crippen LogP contribution in [0.3, 0.4) is 0 Å². The SMILES string of the molecule is COc1cccc(C2(O)C=C[C@H](O[Si](C)(C)C(C)(C)C)C[C@@H]2OCc2ccccc2)c1OC. The molecule has 0 saturated heterocycles. The average molecular weight is 471 g/mol. The van der Waals surface area contributed by atoms with Gasteiger partial charge >= 0.3 is 0 Å². The summed E-state index contributed by atoms with van der Waals surface area (Å²) in [5, 5.41) is 12.1. The first-order chi connectivity index (χ1) is 15.5. The number of hydrogen-bond acceptors (Lipinski definition) is 5. The van der Waals surface area contributed by atoms with E-state index in [1.165, 1.54) is 0 Å². The Labute approximate surface area is 199 Å². The zero-order chi connectivity index (χ0) is 24.3. The summed E-state index contributed by atoms with van der Waals surface area (Å²) in [6, 6.07) is 15.5. The zero-order valence-electron chi connectivity index (χ0n) is 20.9. The largest absolute Gasteiger partial charge is 0.493 e. The van der Waals surface area contributed by atoms with Crippen LogP contribution in [0.5, 0.6) is 11.5 Å². The van der Waals surface area contributed by atoms with Gasteiger partial charge in [-0.05, 0) is 35.8 Å². The number of methoxy groups -OCH3 is 2. The van der Waals surface area contributed by atoms with Crippen molar-refractivity contribution in [1.82, 2.24) is 0 Å². The number of hydrogen-bond donors (Lipinski definition) is 1. The third kappa shape index (κ3) is 5.52.